The van der Waals surface area contributed by atoms with Gasteiger partial charge in [0.25, 0.3) is 0 Å². The summed E-state index contributed by atoms with van der Waals surface area (Å²) in [5, 5.41) is 4.04. The summed E-state index contributed by atoms with van der Waals surface area (Å²) in [4.78, 5) is 4.45. The van der Waals surface area contributed by atoms with Gasteiger partial charge >= 0.3 is 0 Å². The molecule has 0 aliphatic heterocycles. The fraction of sp³-hybridized carbons (Fsp3) is 0.467. The van der Waals surface area contributed by atoms with Crippen LogP contribution in [0.25, 0.3) is 11.4 Å². The van der Waals surface area contributed by atoms with Crippen molar-refractivity contribution in [3.63, 3.8) is 0 Å². The van der Waals surface area contributed by atoms with Gasteiger partial charge in [0.05, 0.1) is 26.2 Å². The molecule has 112 valence electrons. The van der Waals surface area contributed by atoms with Gasteiger partial charge in [-0.1, -0.05) is 5.16 Å². The molecule has 1 fully saturated rings. The van der Waals surface area contributed by atoms with Crippen LogP contribution in [0.4, 0.5) is 0 Å². The Bertz CT molecular complexity index is 626. The van der Waals surface area contributed by atoms with E-state index in [0.717, 1.165) is 12.0 Å². The van der Waals surface area contributed by atoms with Crippen molar-refractivity contribution in [1.82, 2.24) is 10.1 Å². The molecule has 0 N–H and O–H groups in total. The normalized spacial score (nSPS) is 20.3. The zero-order valence-electron chi connectivity index (χ0n) is 12.3. The number of hydrogen-bond acceptors (Lipinski definition) is 6. The molecule has 6 nitrogen and oxygen atoms in total. The average Bonchev–Trinajstić information content (AvgIpc) is 3.11. The third-order valence-corrected chi connectivity index (χ3v) is 3.51. The van der Waals surface area contributed by atoms with E-state index in [-0.39, 0.29) is 12.0 Å². The van der Waals surface area contributed by atoms with Crippen molar-refractivity contribution in [3.05, 3.63) is 24.1 Å². The minimum absolute atomic E-state index is 0.216. The summed E-state index contributed by atoms with van der Waals surface area (Å²) in [6, 6.07) is 5.54. The lowest BCUT2D eigenvalue weighted by atomic mass is 10.2. The maximum atomic E-state index is 5.54. The standard InChI is InChI=1S/C15H18N2O4/c1-4-20-12-8-10(12)15-16-14(17-21-15)9-5-6-11(18-2)13(7-9)19-3/h5-7,10,12H,4,8H2,1-3H3/t10-,12+/m1/s1. The molecule has 6 heteroatoms. The van der Waals surface area contributed by atoms with Crippen molar-refractivity contribution >= 4 is 0 Å². The van der Waals surface area contributed by atoms with Gasteiger partial charge in [-0.2, -0.15) is 4.98 Å². The van der Waals surface area contributed by atoms with Crippen molar-refractivity contribution in [3.8, 4) is 22.9 Å². The smallest absolute Gasteiger partial charge is 0.232 e. The van der Waals surface area contributed by atoms with Crippen LogP contribution in [0.2, 0.25) is 0 Å². The number of rotatable bonds is 6. The van der Waals surface area contributed by atoms with Crippen LogP contribution < -0.4 is 9.47 Å². The number of benzene rings is 1. The molecule has 1 aromatic carbocycles. The van der Waals surface area contributed by atoms with Gasteiger partial charge in [-0.3, -0.25) is 0 Å². The first-order valence-electron chi connectivity index (χ1n) is 6.94. The van der Waals surface area contributed by atoms with Gasteiger partial charge in [0.1, 0.15) is 0 Å². The van der Waals surface area contributed by atoms with E-state index in [2.05, 4.69) is 10.1 Å². The van der Waals surface area contributed by atoms with E-state index in [1.165, 1.54) is 0 Å². The molecule has 1 heterocycles. The number of hydrogen-bond donors (Lipinski definition) is 0. The van der Waals surface area contributed by atoms with Gasteiger partial charge in [0.15, 0.2) is 11.5 Å². The number of nitrogens with zero attached hydrogens (tertiary/aromatic N) is 2. The van der Waals surface area contributed by atoms with Crippen molar-refractivity contribution in [1.29, 1.82) is 0 Å². The second-order valence-corrected chi connectivity index (χ2v) is 4.86. The largest absolute Gasteiger partial charge is 0.493 e. The van der Waals surface area contributed by atoms with Crippen LogP contribution in [0, 0.1) is 0 Å². The molecule has 0 spiro atoms. The monoisotopic (exact) mass is 290 g/mol. The molecule has 1 aliphatic carbocycles. The molecular formula is C15H18N2O4. The Morgan fingerprint density at radius 1 is 1.24 bits per heavy atom. The third-order valence-electron chi connectivity index (χ3n) is 3.51. The summed E-state index contributed by atoms with van der Waals surface area (Å²) in [6.07, 6.45) is 1.16. The molecule has 2 atom stereocenters. The lowest BCUT2D eigenvalue weighted by Crippen LogP contribution is -1.95. The Labute approximate surface area is 123 Å². The first kappa shape index (κ1) is 13.9. The highest BCUT2D eigenvalue weighted by Crippen LogP contribution is 2.43. The van der Waals surface area contributed by atoms with E-state index >= 15 is 0 Å². The Hall–Kier alpha value is -2.08. The van der Waals surface area contributed by atoms with Crippen LogP contribution in [0.1, 0.15) is 25.2 Å². The molecule has 0 bridgehead atoms. The molecule has 21 heavy (non-hydrogen) atoms. The van der Waals surface area contributed by atoms with Gasteiger partial charge in [0, 0.05) is 12.2 Å². The van der Waals surface area contributed by atoms with Crippen LogP contribution in [-0.2, 0) is 4.74 Å². The van der Waals surface area contributed by atoms with E-state index < -0.39 is 0 Å². The Kier molecular flexibility index (Phi) is 3.79. The number of aromatic nitrogens is 2. The quantitative estimate of drug-likeness (QED) is 0.814. The topological polar surface area (TPSA) is 66.6 Å². The van der Waals surface area contributed by atoms with E-state index in [1.54, 1.807) is 14.2 Å². The second-order valence-electron chi connectivity index (χ2n) is 4.86. The zero-order valence-corrected chi connectivity index (χ0v) is 12.3. The molecule has 0 radical (unpaired) electrons. The second kappa shape index (κ2) is 5.73. The number of ether oxygens (including phenoxy) is 3. The molecule has 3 rings (SSSR count). The van der Waals surface area contributed by atoms with Crippen molar-refractivity contribution in [2.75, 3.05) is 20.8 Å². The number of methoxy groups -OCH3 is 2. The van der Waals surface area contributed by atoms with Crippen LogP contribution in [0.15, 0.2) is 22.7 Å². The van der Waals surface area contributed by atoms with Gasteiger partial charge < -0.3 is 18.7 Å². The summed E-state index contributed by atoms with van der Waals surface area (Å²) in [5.41, 5.74) is 0.830. The predicted molar refractivity (Wildman–Crippen MR) is 75.6 cm³/mol. The molecule has 1 saturated carbocycles. The van der Waals surface area contributed by atoms with Crippen molar-refractivity contribution in [2.24, 2.45) is 0 Å². The highest BCUT2D eigenvalue weighted by molar-refractivity contribution is 5.60. The summed E-state index contributed by atoms with van der Waals surface area (Å²) in [7, 11) is 3.20. The van der Waals surface area contributed by atoms with Gasteiger partial charge in [-0.25, -0.2) is 0 Å². The lowest BCUT2D eigenvalue weighted by Gasteiger charge is -2.07. The van der Waals surface area contributed by atoms with Gasteiger partial charge in [0.2, 0.25) is 11.7 Å². The fourth-order valence-corrected chi connectivity index (χ4v) is 2.31. The zero-order chi connectivity index (χ0) is 14.8. The predicted octanol–water partition coefficient (Wildman–Crippen LogP) is 2.65. The first-order valence-corrected chi connectivity index (χ1v) is 6.94. The molecule has 0 saturated heterocycles. The summed E-state index contributed by atoms with van der Waals surface area (Å²) < 4.78 is 21.4. The van der Waals surface area contributed by atoms with Crippen LogP contribution in [0.5, 0.6) is 11.5 Å². The molecule has 2 aromatic rings. The summed E-state index contributed by atoms with van der Waals surface area (Å²) in [5.74, 6) is 2.72. The molecule has 1 aromatic heterocycles. The van der Waals surface area contributed by atoms with Crippen molar-refractivity contribution in [2.45, 2.75) is 25.4 Å². The van der Waals surface area contributed by atoms with Gasteiger partial charge in [-0.05, 0) is 31.5 Å². The molecule has 0 unspecified atom stereocenters. The minimum atomic E-state index is 0.216. The Balaban J connectivity index is 1.80. The Morgan fingerprint density at radius 3 is 2.76 bits per heavy atom. The lowest BCUT2D eigenvalue weighted by molar-refractivity contribution is 0.125. The highest BCUT2D eigenvalue weighted by atomic mass is 16.5. The molecule has 0 amide bonds. The van der Waals surface area contributed by atoms with E-state index in [0.29, 0.717) is 29.8 Å². The maximum absolute atomic E-state index is 5.54. The van der Waals surface area contributed by atoms with Crippen molar-refractivity contribution < 1.29 is 18.7 Å². The first-order chi connectivity index (χ1) is 10.3. The van der Waals surface area contributed by atoms with E-state index in [4.69, 9.17) is 18.7 Å². The van der Waals surface area contributed by atoms with Crippen LogP contribution >= 0.6 is 0 Å². The van der Waals surface area contributed by atoms with E-state index in [9.17, 15) is 0 Å². The van der Waals surface area contributed by atoms with Gasteiger partial charge in [-0.15, -0.1) is 0 Å². The highest BCUT2D eigenvalue weighted by Gasteiger charge is 2.43. The fourth-order valence-electron chi connectivity index (χ4n) is 2.31. The third kappa shape index (κ3) is 2.71. The average molecular weight is 290 g/mol. The molecule has 1 aliphatic rings. The maximum Gasteiger partial charge on any atom is 0.232 e. The SMILES string of the molecule is CCO[C@H]1C[C@H]1c1nc(-c2ccc(OC)c(OC)c2)no1. The molecular weight excluding hydrogens is 272 g/mol. The van der Waals surface area contributed by atoms with Crippen LogP contribution in [0.3, 0.4) is 0 Å². The summed E-state index contributed by atoms with van der Waals surface area (Å²) in [6.45, 7) is 2.69. The van der Waals surface area contributed by atoms with Crippen LogP contribution in [-0.4, -0.2) is 37.1 Å². The Morgan fingerprint density at radius 2 is 2.05 bits per heavy atom. The minimum Gasteiger partial charge on any atom is -0.493 e. The van der Waals surface area contributed by atoms with E-state index in [1.807, 2.05) is 25.1 Å². The summed E-state index contributed by atoms with van der Waals surface area (Å²) >= 11 is 0.